The van der Waals surface area contributed by atoms with E-state index in [1.165, 1.54) is 20.1 Å². The first-order chi connectivity index (χ1) is 9.90. The van der Waals surface area contributed by atoms with Gasteiger partial charge in [0.25, 0.3) is 0 Å². The van der Waals surface area contributed by atoms with Crippen molar-refractivity contribution >= 4 is 5.69 Å². The fourth-order valence-corrected chi connectivity index (χ4v) is 1.88. The Labute approximate surface area is 120 Å². The predicted octanol–water partition coefficient (Wildman–Crippen LogP) is 4.03. The second-order valence-corrected chi connectivity index (χ2v) is 4.59. The molecule has 0 radical (unpaired) electrons. The highest BCUT2D eigenvalue weighted by Crippen LogP contribution is 2.33. The van der Waals surface area contributed by atoms with Gasteiger partial charge in [0.2, 0.25) is 5.88 Å². The molecule has 6 heteroatoms. The first kappa shape index (κ1) is 15.2. The highest BCUT2D eigenvalue weighted by Gasteiger charge is 2.32. The molecule has 112 valence electrons. The fourth-order valence-electron chi connectivity index (χ4n) is 1.88. The number of methoxy groups -OCH3 is 1. The lowest BCUT2D eigenvalue weighted by Gasteiger charge is -2.13. The van der Waals surface area contributed by atoms with Crippen LogP contribution in [0.5, 0.6) is 5.88 Å². The summed E-state index contributed by atoms with van der Waals surface area (Å²) in [5, 5.41) is 2.96. The van der Waals surface area contributed by atoms with E-state index in [0.717, 1.165) is 11.6 Å². The molecule has 1 heterocycles. The zero-order chi connectivity index (χ0) is 15.5. The Morgan fingerprint density at radius 3 is 2.52 bits per heavy atom. The Kier molecular flexibility index (Phi) is 4.35. The number of aryl methyl sites for hydroxylation is 1. The molecular formula is C15H15F3N2O. The number of aromatic nitrogens is 1. The van der Waals surface area contributed by atoms with Gasteiger partial charge < -0.3 is 10.1 Å². The molecule has 2 aromatic rings. The van der Waals surface area contributed by atoms with Gasteiger partial charge in [-0.3, -0.25) is 0 Å². The molecule has 0 saturated carbocycles. The van der Waals surface area contributed by atoms with Crippen molar-refractivity contribution in [3.05, 3.63) is 53.2 Å². The first-order valence-corrected chi connectivity index (χ1v) is 6.31. The molecule has 0 saturated heterocycles. The van der Waals surface area contributed by atoms with Gasteiger partial charge in [0.15, 0.2) is 0 Å². The lowest BCUT2D eigenvalue weighted by atomic mass is 10.1. The largest absolute Gasteiger partial charge is 0.481 e. The van der Waals surface area contributed by atoms with E-state index in [2.05, 4.69) is 10.3 Å². The van der Waals surface area contributed by atoms with E-state index in [-0.39, 0.29) is 5.56 Å². The summed E-state index contributed by atoms with van der Waals surface area (Å²) in [5.74, 6) is 0.494. The summed E-state index contributed by atoms with van der Waals surface area (Å²) in [6, 6.07) is 7.70. The molecule has 0 atom stereocenters. The maximum Gasteiger partial charge on any atom is 0.416 e. The number of hydrogen-bond acceptors (Lipinski definition) is 3. The third-order valence-electron chi connectivity index (χ3n) is 3.05. The van der Waals surface area contributed by atoms with Crippen LogP contribution in [0.15, 0.2) is 36.5 Å². The third-order valence-corrected chi connectivity index (χ3v) is 3.05. The van der Waals surface area contributed by atoms with Crippen LogP contribution in [-0.4, -0.2) is 12.1 Å². The van der Waals surface area contributed by atoms with E-state index in [9.17, 15) is 13.2 Å². The van der Waals surface area contributed by atoms with Gasteiger partial charge in [-0.05, 0) is 30.2 Å². The van der Waals surface area contributed by atoms with Crippen LogP contribution in [0.2, 0.25) is 0 Å². The van der Waals surface area contributed by atoms with Crippen LogP contribution in [0.25, 0.3) is 0 Å². The van der Waals surface area contributed by atoms with E-state index >= 15 is 0 Å². The minimum Gasteiger partial charge on any atom is -0.481 e. The highest BCUT2D eigenvalue weighted by molar-refractivity contribution is 5.49. The topological polar surface area (TPSA) is 34.1 Å². The number of nitrogens with one attached hydrogen (secondary N) is 1. The standard InChI is InChI=1S/C15H15F3N2O/c1-10-3-5-12(7-13(10)15(16,17)18)19-8-11-4-6-14(21-2)20-9-11/h3-7,9,19H,8H2,1-2H3. The molecule has 0 aliphatic heterocycles. The summed E-state index contributed by atoms with van der Waals surface area (Å²) in [5.41, 5.74) is 0.855. The summed E-state index contributed by atoms with van der Waals surface area (Å²) in [6.45, 7) is 1.83. The lowest BCUT2D eigenvalue weighted by Crippen LogP contribution is -2.09. The van der Waals surface area contributed by atoms with E-state index < -0.39 is 11.7 Å². The summed E-state index contributed by atoms with van der Waals surface area (Å²) in [6.07, 6.45) is -2.73. The Morgan fingerprint density at radius 1 is 1.19 bits per heavy atom. The molecule has 0 aliphatic carbocycles. The summed E-state index contributed by atoms with van der Waals surface area (Å²) in [4.78, 5) is 4.04. The lowest BCUT2D eigenvalue weighted by molar-refractivity contribution is -0.138. The monoisotopic (exact) mass is 296 g/mol. The minimum absolute atomic E-state index is 0.208. The third kappa shape index (κ3) is 3.87. The van der Waals surface area contributed by atoms with Crippen molar-refractivity contribution in [3.63, 3.8) is 0 Å². The molecule has 1 aromatic carbocycles. The van der Waals surface area contributed by atoms with Crippen molar-refractivity contribution < 1.29 is 17.9 Å². The zero-order valence-corrected chi connectivity index (χ0v) is 11.7. The SMILES string of the molecule is COc1ccc(CNc2ccc(C)c(C(F)(F)F)c2)cn1. The normalized spacial score (nSPS) is 11.3. The van der Waals surface area contributed by atoms with E-state index in [1.807, 2.05) is 0 Å². The predicted molar refractivity (Wildman–Crippen MR) is 74.3 cm³/mol. The van der Waals surface area contributed by atoms with Crippen molar-refractivity contribution in [2.75, 3.05) is 12.4 Å². The molecule has 21 heavy (non-hydrogen) atoms. The Bertz CT molecular complexity index is 609. The molecule has 0 fully saturated rings. The number of anilines is 1. The number of nitrogens with zero attached hydrogens (tertiary/aromatic N) is 1. The number of hydrogen-bond donors (Lipinski definition) is 1. The molecule has 0 bridgehead atoms. The van der Waals surface area contributed by atoms with E-state index in [0.29, 0.717) is 18.1 Å². The summed E-state index contributed by atoms with van der Waals surface area (Å²) in [7, 11) is 1.52. The number of ether oxygens (including phenoxy) is 1. The number of pyridine rings is 1. The molecule has 0 aliphatic rings. The van der Waals surface area contributed by atoms with Crippen molar-refractivity contribution in [2.24, 2.45) is 0 Å². The van der Waals surface area contributed by atoms with Crippen LogP contribution >= 0.6 is 0 Å². The summed E-state index contributed by atoms with van der Waals surface area (Å²) >= 11 is 0. The average Bonchev–Trinajstić information content (AvgIpc) is 2.45. The Balaban J connectivity index is 2.09. The average molecular weight is 296 g/mol. The molecule has 0 spiro atoms. The van der Waals surface area contributed by atoms with Gasteiger partial charge in [-0.25, -0.2) is 4.98 Å². The molecule has 3 nitrogen and oxygen atoms in total. The molecule has 0 amide bonds. The van der Waals surface area contributed by atoms with Crippen LogP contribution in [0, 0.1) is 6.92 Å². The van der Waals surface area contributed by atoms with Crippen LogP contribution in [-0.2, 0) is 12.7 Å². The molecule has 2 rings (SSSR count). The van der Waals surface area contributed by atoms with Gasteiger partial charge >= 0.3 is 6.18 Å². The van der Waals surface area contributed by atoms with Crippen molar-refractivity contribution in [3.8, 4) is 5.88 Å². The van der Waals surface area contributed by atoms with Crippen LogP contribution in [0.3, 0.4) is 0 Å². The fraction of sp³-hybridized carbons (Fsp3) is 0.267. The van der Waals surface area contributed by atoms with E-state index in [4.69, 9.17) is 4.74 Å². The van der Waals surface area contributed by atoms with Crippen LogP contribution in [0.1, 0.15) is 16.7 Å². The number of halogens is 3. The quantitative estimate of drug-likeness (QED) is 0.925. The van der Waals surface area contributed by atoms with Crippen molar-refractivity contribution in [1.82, 2.24) is 4.98 Å². The number of rotatable bonds is 4. The zero-order valence-electron chi connectivity index (χ0n) is 11.7. The molecular weight excluding hydrogens is 281 g/mol. The minimum atomic E-state index is -4.34. The van der Waals surface area contributed by atoms with Gasteiger partial charge in [-0.2, -0.15) is 13.2 Å². The second kappa shape index (κ2) is 6.03. The van der Waals surface area contributed by atoms with Crippen LogP contribution < -0.4 is 10.1 Å². The smallest absolute Gasteiger partial charge is 0.416 e. The second-order valence-electron chi connectivity index (χ2n) is 4.59. The maximum atomic E-state index is 12.8. The molecule has 1 aromatic heterocycles. The Hall–Kier alpha value is -2.24. The van der Waals surface area contributed by atoms with Gasteiger partial charge in [0.05, 0.1) is 12.7 Å². The maximum absolute atomic E-state index is 12.8. The first-order valence-electron chi connectivity index (χ1n) is 6.31. The van der Waals surface area contributed by atoms with Crippen molar-refractivity contribution in [1.29, 1.82) is 0 Å². The number of alkyl halides is 3. The van der Waals surface area contributed by atoms with Crippen LogP contribution in [0.4, 0.5) is 18.9 Å². The summed E-state index contributed by atoms with van der Waals surface area (Å²) < 4.78 is 43.4. The van der Waals surface area contributed by atoms with Gasteiger partial charge in [-0.15, -0.1) is 0 Å². The van der Waals surface area contributed by atoms with E-state index in [1.54, 1.807) is 24.4 Å². The van der Waals surface area contributed by atoms with Gasteiger partial charge in [0.1, 0.15) is 0 Å². The molecule has 0 unspecified atom stereocenters. The number of benzene rings is 1. The van der Waals surface area contributed by atoms with Gasteiger partial charge in [0, 0.05) is 24.5 Å². The Morgan fingerprint density at radius 2 is 1.95 bits per heavy atom. The van der Waals surface area contributed by atoms with Gasteiger partial charge in [-0.1, -0.05) is 12.1 Å². The highest BCUT2D eigenvalue weighted by atomic mass is 19.4. The molecule has 1 N–H and O–H groups in total. The van der Waals surface area contributed by atoms with Crippen molar-refractivity contribution in [2.45, 2.75) is 19.6 Å².